The van der Waals surface area contributed by atoms with Gasteiger partial charge in [0.1, 0.15) is 28.7 Å². The van der Waals surface area contributed by atoms with Crippen LogP contribution in [0.15, 0.2) is 41.2 Å². The molecule has 1 aromatic carbocycles. The van der Waals surface area contributed by atoms with Crippen LogP contribution in [0.25, 0.3) is 11.1 Å². The minimum absolute atomic E-state index is 0.0184. The molecule has 1 atom stereocenters. The van der Waals surface area contributed by atoms with Gasteiger partial charge in [0.2, 0.25) is 11.8 Å². The molecule has 1 aliphatic rings. The van der Waals surface area contributed by atoms with Crippen molar-refractivity contribution in [1.29, 1.82) is 0 Å². The first kappa shape index (κ1) is 26.5. The molecule has 1 unspecified atom stereocenters. The number of nitrogens with one attached hydrogen (secondary N) is 2. The number of amides is 2. The summed E-state index contributed by atoms with van der Waals surface area (Å²) in [4.78, 5) is 26.0. The first-order valence-corrected chi connectivity index (χ1v) is 11.9. The van der Waals surface area contributed by atoms with E-state index in [1.54, 1.807) is 6.92 Å². The average molecular weight is 537 g/mol. The third-order valence-corrected chi connectivity index (χ3v) is 6.77. The van der Waals surface area contributed by atoms with Crippen LogP contribution in [-0.2, 0) is 4.79 Å². The fraction of sp³-hybridized carbons (Fsp3) is 0.360. The number of anilines is 1. The number of rotatable bonds is 6. The second-order valence-corrected chi connectivity index (χ2v) is 9.56. The van der Waals surface area contributed by atoms with Crippen molar-refractivity contribution in [2.45, 2.75) is 51.5 Å². The molecule has 2 N–H and O–H groups in total. The van der Waals surface area contributed by atoms with E-state index in [2.05, 4.69) is 15.8 Å². The molecule has 0 spiro atoms. The van der Waals surface area contributed by atoms with E-state index in [9.17, 15) is 23.6 Å². The molecular weight excluding hydrogens is 513 g/mol. The van der Waals surface area contributed by atoms with Crippen LogP contribution in [0.2, 0.25) is 5.02 Å². The van der Waals surface area contributed by atoms with Crippen LogP contribution in [0.1, 0.15) is 47.4 Å². The normalized spacial score (nSPS) is 16.3. The van der Waals surface area contributed by atoms with Gasteiger partial charge in [0.25, 0.3) is 5.91 Å². The van der Waals surface area contributed by atoms with Crippen molar-refractivity contribution in [2.24, 2.45) is 5.92 Å². The zero-order valence-corrected chi connectivity index (χ0v) is 20.7. The Hall–Kier alpha value is -3.60. The summed E-state index contributed by atoms with van der Waals surface area (Å²) in [5, 5.41) is 20.9. The van der Waals surface area contributed by atoms with Crippen LogP contribution in [0.3, 0.4) is 0 Å². The van der Waals surface area contributed by atoms with Crippen molar-refractivity contribution in [3.8, 4) is 11.1 Å². The molecule has 196 valence electrons. The molecule has 1 saturated carbocycles. The van der Waals surface area contributed by atoms with Crippen LogP contribution in [-0.4, -0.2) is 28.9 Å². The zero-order chi connectivity index (χ0) is 26.9. The first-order chi connectivity index (χ1) is 17.4. The predicted molar refractivity (Wildman–Crippen MR) is 129 cm³/mol. The van der Waals surface area contributed by atoms with Crippen molar-refractivity contribution < 1.29 is 32.0 Å². The summed E-state index contributed by atoms with van der Waals surface area (Å²) in [7, 11) is 0. The summed E-state index contributed by atoms with van der Waals surface area (Å²) in [5.74, 6) is -5.43. The Kier molecular flexibility index (Phi) is 7.44. The van der Waals surface area contributed by atoms with Gasteiger partial charge < -0.3 is 20.4 Å². The van der Waals surface area contributed by atoms with Gasteiger partial charge in [-0.15, -0.1) is 0 Å². The molecule has 0 bridgehead atoms. The van der Waals surface area contributed by atoms with Gasteiger partial charge in [0.15, 0.2) is 11.9 Å². The fourth-order valence-corrected chi connectivity index (χ4v) is 4.63. The monoisotopic (exact) mass is 536 g/mol. The van der Waals surface area contributed by atoms with Gasteiger partial charge in [-0.1, -0.05) is 16.8 Å². The van der Waals surface area contributed by atoms with E-state index < -0.39 is 48.4 Å². The molecule has 12 heteroatoms. The quantitative estimate of drug-likeness (QED) is 0.342. The number of aryl methyl sites for hydroxylation is 1. The number of pyridine rings is 1. The molecule has 3 aromatic rings. The highest BCUT2D eigenvalue weighted by Gasteiger charge is 2.40. The van der Waals surface area contributed by atoms with Gasteiger partial charge in [0, 0.05) is 31.0 Å². The largest absolute Gasteiger partial charge is 0.618 e. The van der Waals surface area contributed by atoms with Crippen molar-refractivity contribution in [3.63, 3.8) is 0 Å². The Labute approximate surface area is 215 Å². The summed E-state index contributed by atoms with van der Waals surface area (Å²) in [6.07, 6.45) is 1.50. The molecule has 2 amide bonds. The van der Waals surface area contributed by atoms with Crippen LogP contribution in [0, 0.1) is 30.8 Å². The number of alkyl halides is 2. The lowest BCUT2D eigenvalue weighted by Gasteiger charge is -2.33. The van der Waals surface area contributed by atoms with Crippen molar-refractivity contribution in [1.82, 2.24) is 10.5 Å². The molecule has 2 aromatic heterocycles. The molecule has 8 nitrogen and oxygen atoms in total. The molecule has 2 heterocycles. The molecule has 37 heavy (non-hydrogen) atoms. The van der Waals surface area contributed by atoms with Crippen molar-refractivity contribution in [3.05, 3.63) is 69.7 Å². The fourth-order valence-electron chi connectivity index (χ4n) is 4.43. The smallest absolute Gasteiger partial charge is 0.257 e. The molecule has 1 fully saturated rings. The summed E-state index contributed by atoms with van der Waals surface area (Å²) in [5.41, 5.74) is 1.13. The summed E-state index contributed by atoms with van der Waals surface area (Å²) in [6, 6.07) is 4.19. The lowest BCUT2D eigenvalue weighted by atomic mass is 9.81. The van der Waals surface area contributed by atoms with E-state index in [-0.39, 0.29) is 45.9 Å². The standard InChI is InChI=1S/C25H24ClF3N4O4/c1-13-20(12-37-32-13)23(34)31-22(15-5-7-25(28,29)8-6-15)24(35)30-17-3-4-18(21(27)10-17)19-9-16(26)11-33(36)14(19)2/h3-4,9-12,15,22H,5-8H2,1-2H3,(H,30,35)(H,31,34). The minimum Gasteiger partial charge on any atom is -0.618 e. The maximum atomic E-state index is 15.0. The topological polar surface area (TPSA) is 111 Å². The van der Waals surface area contributed by atoms with E-state index in [0.29, 0.717) is 10.4 Å². The lowest BCUT2D eigenvalue weighted by Crippen LogP contribution is -2.50. The van der Waals surface area contributed by atoms with E-state index in [4.69, 9.17) is 16.1 Å². The molecule has 0 aliphatic heterocycles. The molecule has 0 radical (unpaired) electrons. The number of carbonyl (C=O) groups excluding carboxylic acids is 2. The second-order valence-electron chi connectivity index (χ2n) is 9.13. The third kappa shape index (κ3) is 5.87. The maximum absolute atomic E-state index is 15.0. The molecule has 4 rings (SSSR count). The molecular formula is C25H24ClF3N4O4. The van der Waals surface area contributed by atoms with E-state index in [1.165, 1.54) is 25.1 Å². The van der Waals surface area contributed by atoms with Crippen LogP contribution < -0.4 is 15.4 Å². The number of halogens is 4. The molecule has 1 aliphatic carbocycles. The summed E-state index contributed by atoms with van der Waals surface area (Å²) < 4.78 is 47.8. The van der Waals surface area contributed by atoms with Crippen LogP contribution >= 0.6 is 11.6 Å². The highest BCUT2D eigenvalue weighted by molar-refractivity contribution is 6.30. The number of benzene rings is 1. The van der Waals surface area contributed by atoms with E-state index >= 15 is 4.39 Å². The number of carbonyl (C=O) groups is 2. The number of hydrogen-bond donors (Lipinski definition) is 2. The van der Waals surface area contributed by atoms with Crippen LogP contribution in [0.5, 0.6) is 0 Å². The van der Waals surface area contributed by atoms with Crippen molar-refractivity contribution in [2.75, 3.05) is 5.32 Å². The lowest BCUT2D eigenvalue weighted by molar-refractivity contribution is -0.611. The number of nitrogens with zero attached hydrogens (tertiary/aromatic N) is 2. The minimum atomic E-state index is -2.83. The Morgan fingerprint density at radius 3 is 2.54 bits per heavy atom. The van der Waals surface area contributed by atoms with Gasteiger partial charge in [0.05, 0.1) is 11.3 Å². The maximum Gasteiger partial charge on any atom is 0.257 e. The SMILES string of the molecule is Cc1nocc1C(=O)NC(C(=O)Nc1ccc(-c2cc(Cl)c[n+]([O-])c2C)c(F)c1)C1CCC(F)(F)CC1. The first-order valence-electron chi connectivity index (χ1n) is 11.5. The van der Waals surface area contributed by atoms with Gasteiger partial charge in [-0.3, -0.25) is 9.59 Å². The Morgan fingerprint density at radius 1 is 1.22 bits per heavy atom. The number of aromatic nitrogens is 2. The summed E-state index contributed by atoms with van der Waals surface area (Å²) in [6.45, 7) is 3.07. The second kappa shape index (κ2) is 10.4. The summed E-state index contributed by atoms with van der Waals surface area (Å²) >= 11 is 5.95. The highest BCUT2D eigenvalue weighted by Crippen LogP contribution is 2.38. The van der Waals surface area contributed by atoms with Gasteiger partial charge in [-0.05, 0) is 49.9 Å². The van der Waals surface area contributed by atoms with Gasteiger partial charge >= 0.3 is 0 Å². The zero-order valence-electron chi connectivity index (χ0n) is 20.0. The van der Waals surface area contributed by atoms with Gasteiger partial charge in [-0.2, -0.15) is 4.73 Å². The van der Waals surface area contributed by atoms with Gasteiger partial charge in [-0.25, -0.2) is 13.2 Å². The van der Waals surface area contributed by atoms with Crippen molar-refractivity contribution >= 4 is 29.1 Å². The average Bonchev–Trinajstić information content (AvgIpc) is 3.26. The Balaban J connectivity index is 1.57. The Bertz CT molecular complexity index is 1340. The van der Waals surface area contributed by atoms with E-state index in [0.717, 1.165) is 18.5 Å². The highest BCUT2D eigenvalue weighted by atomic mass is 35.5. The van der Waals surface area contributed by atoms with E-state index in [1.807, 2.05) is 0 Å². The van der Waals surface area contributed by atoms with Crippen LogP contribution in [0.4, 0.5) is 18.9 Å². The number of hydrogen-bond acceptors (Lipinski definition) is 5. The molecule has 0 saturated heterocycles. The third-order valence-electron chi connectivity index (χ3n) is 6.57. The predicted octanol–water partition coefficient (Wildman–Crippen LogP) is 4.95. The Morgan fingerprint density at radius 2 is 1.92 bits per heavy atom.